The van der Waals surface area contributed by atoms with E-state index in [4.69, 9.17) is 9.97 Å². The van der Waals surface area contributed by atoms with Gasteiger partial charge in [0, 0.05) is 48.1 Å². The Morgan fingerprint density at radius 2 is 1.94 bits per heavy atom. The molecule has 0 saturated heterocycles. The lowest BCUT2D eigenvalue weighted by Crippen LogP contribution is -2.33. The van der Waals surface area contributed by atoms with E-state index in [1.54, 1.807) is 12.4 Å². The molecule has 182 valence electrons. The highest BCUT2D eigenvalue weighted by atomic mass is 16.1. The number of nitrogens with one attached hydrogen (secondary N) is 2. The summed E-state index contributed by atoms with van der Waals surface area (Å²) in [7, 11) is 0. The Kier molecular flexibility index (Phi) is 4.00. The van der Waals surface area contributed by atoms with Crippen molar-refractivity contribution >= 4 is 22.7 Å². The molecule has 0 bridgehead atoms. The van der Waals surface area contributed by atoms with E-state index in [2.05, 4.69) is 45.7 Å². The van der Waals surface area contributed by atoms with E-state index >= 15 is 0 Å². The molecule has 4 aliphatic rings. The molecule has 0 unspecified atom stereocenters. The fraction of sp³-hybridized carbons (Fsp3) is 0.444. The minimum Gasteiger partial charge on any atom is -0.324 e. The second-order valence-corrected chi connectivity index (χ2v) is 11.3. The van der Waals surface area contributed by atoms with Crippen LogP contribution in [-0.4, -0.2) is 35.8 Å². The van der Waals surface area contributed by atoms with Gasteiger partial charge in [0.2, 0.25) is 5.95 Å². The van der Waals surface area contributed by atoms with E-state index in [0.29, 0.717) is 28.2 Å². The Morgan fingerprint density at radius 1 is 1.08 bits per heavy atom. The molecule has 1 aliphatic heterocycles. The minimum absolute atomic E-state index is 0.0335. The van der Waals surface area contributed by atoms with Crippen LogP contribution in [0.4, 0.5) is 11.6 Å². The summed E-state index contributed by atoms with van der Waals surface area (Å²) in [6.07, 6.45) is 10.1. The van der Waals surface area contributed by atoms with Crippen LogP contribution in [0, 0.1) is 0 Å². The highest BCUT2D eigenvalue weighted by molar-refractivity contribution is 5.77. The van der Waals surface area contributed by atoms with Crippen molar-refractivity contribution in [1.82, 2.24) is 34.6 Å². The molecule has 9 nitrogen and oxygen atoms in total. The standard InChI is InChI=1S/C27H28N8O/c1-26(7-8-26)24-29-11-6-21(32-24)35-22-19(23(36)34(35)18-3-4-18)14-30-25(33-22)31-17-2-5-20-16(12-17)13-28-15-27(20)9-10-27/h2,5-6,11-12,14,18,28H,3-4,7-10,13,15H2,1H3,(H,30,31,33). The molecular weight excluding hydrogens is 452 g/mol. The van der Waals surface area contributed by atoms with Crippen LogP contribution < -0.4 is 16.2 Å². The summed E-state index contributed by atoms with van der Waals surface area (Å²) in [5.41, 5.74) is 4.65. The van der Waals surface area contributed by atoms with Crippen molar-refractivity contribution in [3.8, 4) is 5.82 Å². The minimum atomic E-state index is -0.0635. The quantitative estimate of drug-likeness (QED) is 0.450. The van der Waals surface area contributed by atoms with Crippen LogP contribution in [0.3, 0.4) is 0 Å². The summed E-state index contributed by atoms with van der Waals surface area (Å²) in [6, 6.07) is 8.61. The van der Waals surface area contributed by atoms with E-state index in [0.717, 1.165) is 50.3 Å². The normalized spacial score (nSPS) is 20.9. The van der Waals surface area contributed by atoms with E-state index in [1.807, 2.05) is 15.4 Å². The topological polar surface area (TPSA) is 103 Å². The summed E-state index contributed by atoms with van der Waals surface area (Å²) >= 11 is 0. The van der Waals surface area contributed by atoms with Crippen molar-refractivity contribution in [2.45, 2.75) is 68.9 Å². The lowest BCUT2D eigenvalue weighted by atomic mass is 9.88. The van der Waals surface area contributed by atoms with Crippen molar-refractivity contribution in [1.29, 1.82) is 0 Å². The molecule has 0 amide bonds. The van der Waals surface area contributed by atoms with E-state index in [1.165, 1.54) is 24.0 Å². The van der Waals surface area contributed by atoms with Crippen molar-refractivity contribution in [2.24, 2.45) is 0 Å². The van der Waals surface area contributed by atoms with Gasteiger partial charge in [0.15, 0.2) is 11.5 Å². The van der Waals surface area contributed by atoms with Crippen LogP contribution in [0.15, 0.2) is 41.5 Å². The number of benzene rings is 1. The van der Waals surface area contributed by atoms with Crippen LogP contribution in [0.2, 0.25) is 0 Å². The maximum absolute atomic E-state index is 13.4. The molecule has 4 heterocycles. The van der Waals surface area contributed by atoms with Crippen LogP contribution in [0.5, 0.6) is 0 Å². The monoisotopic (exact) mass is 480 g/mol. The fourth-order valence-corrected chi connectivity index (χ4v) is 5.69. The van der Waals surface area contributed by atoms with Crippen molar-refractivity contribution in [3.05, 3.63) is 64.0 Å². The lowest BCUT2D eigenvalue weighted by molar-refractivity contribution is 0.531. The van der Waals surface area contributed by atoms with Crippen LogP contribution >= 0.6 is 0 Å². The highest BCUT2D eigenvalue weighted by Crippen LogP contribution is 2.51. The predicted octanol–water partition coefficient (Wildman–Crippen LogP) is 3.64. The van der Waals surface area contributed by atoms with Crippen molar-refractivity contribution in [3.63, 3.8) is 0 Å². The molecule has 0 radical (unpaired) electrons. The smallest absolute Gasteiger partial charge is 0.278 e. The number of fused-ring (bicyclic) bond motifs is 3. The van der Waals surface area contributed by atoms with Gasteiger partial charge in [-0.05, 0) is 61.8 Å². The molecule has 3 fully saturated rings. The van der Waals surface area contributed by atoms with Crippen LogP contribution in [0.25, 0.3) is 16.9 Å². The van der Waals surface area contributed by atoms with E-state index < -0.39 is 0 Å². The summed E-state index contributed by atoms with van der Waals surface area (Å²) in [4.78, 5) is 32.2. The SMILES string of the molecule is CC1(c2nccc(-n3c4nc(Nc5ccc6c(c5)CNCC65CC5)ncc4c(=O)n3C3CC3)n2)CC1. The Morgan fingerprint density at radius 3 is 2.72 bits per heavy atom. The van der Waals surface area contributed by atoms with Gasteiger partial charge in [-0.15, -0.1) is 0 Å². The summed E-state index contributed by atoms with van der Waals surface area (Å²) < 4.78 is 3.69. The fourth-order valence-electron chi connectivity index (χ4n) is 5.69. The maximum atomic E-state index is 13.4. The van der Waals surface area contributed by atoms with Gasteiger partial charge in [-0.3, -0.25) is 4.79 Å². The van der Waals surface area contributed by atoms with Gasteiger partial charge < -0.3 is 10.6 Å². The van der Waals surface area contributed by atoms with Gasteiger partial charge in [0.05, 0.1) is 6.04 Å². The first-order chi connectivity index (χ1) is 17.5. The Bertz CT molecular complexity index is 1610. The third-order valence-corrected chi connectivity index (χ3v) is 8.48. The molecule has 0 atom stereocenters. The molecular formula is C27H28N8O. The molecule has 3 aliphatic carbocycles. The average molecular weight is 481 g/mol. The molecule has 1 spiro atoms. The molecule has 4 aromatic rings. The van der Waals surface area contributed by atoms with Gasteiger partial charge in [0.25, 0.3) is 5.56 Å². The van der Waals surface area contributed by atoms with Crippen LogP contribution in [0.1, 0.15) is 68.4 Å². The van der Waals surface area contributed by atoms with Gasteiger partial charge in [0.1, 0.15) is 11.2 Å². The average Bonchev–Trinajstić information content (AvgIpc) is 3.79. The third kappa shape index (κ3) is 3.08. The summed E-state index contributed by atoms with van der Waals surface area (Å²) in [5.74, 6) is 1.99. The first-order valence-electron chi connectivity index (χ1n) is 13.0. The zero-order chi connectivity index (χ0) is 24.1. The number of hydrogen-bond donors (Lipinski definition) is 2. The molecule has 9 heteroatoms. The molecule has 3 saturated carbocycles. The van der Waals surface area contributed by atoms with Crippen LogP contribution in [-0.2, 0) is 17.4 Å². The Balaban J connectivity index is 1.22. The number of nitrogens with zero attached hydrogens (tertiary/aromatic N) is 6. The van der Waals surface area contributed by atoms with Gasteiger partial charge in [-0.1, -0.05) is 13.0 Å². The van der Waals surface area contributed by atoms with Gasteiger partial charge in [-0.25, -0.2) is 24.3 Å². The maximum Gasteiger partial charge on any atom is 0.278 e. The molecule has 8 rings (SSSR count). The highest BCUT2D eigenvalue weighted by Gasteiger charge is 2.46. The second-order valence-electron chi connectivity index (χ2n) is 11.3. The number of hydrogen-bond acceptors (Lipinski definition) is 7. The number of anilines is 2. The predicted molar refractivity (Wildman–Crippen MR) is 136 cm³/mol. The molecule has 36 heavy (non-hydrogen) atoms. The Hall–Kier alpha value is -3.59. The summed E-state index contributed by atoms with van der Waals surface area (Å²) in [5, 5.41) is 7.46. The van der Waals surface area contributed by atoms with Gasteiger partial charge in [-0.2, -0.15) is 4.98 Å². The second kappa shape index (κ2) is 7.00. The zero-order valence-corrected chi connectivity index (χ0v) is 20.3. The summed E-state index contributed by atoms with van der Waals surface area (Å²) in [6.45, 7) is 4.15. The van der Waals surface area contributed by atoms with Crippen molar-refractivity contribution in [2.75, 3.05) is 11.9 Å². The molecule has 3 aromatic heterocycles. The zero-order valence-electron chi connectivity index (χ0n) is 20.3. The number of aromatic nitrogens is 6. The molecule has 1 aromatic carbocycles. The van der Waals surface area contributed by atoms with Gasteiger partial charge >= 0.3 is 0 Å². The largest absolute Gasteiger partial charge is 0.324 e. The number of rotatable bonds is 5. The lowest BCUT2D eigenvalue weighted by Gasteiger charge is -2.26. The first kappa shape index (κ1) is 20.6. The van der Waals surface area contributed by atoms with E-state index in [9.17, 15) is 4.79 Å². The third-order valence-electron chi connectivity index (χ3n) is 8.48. The van der Waals surface area contributed by atoms with Crippen molar-refractivity contribution < 1.29 is 0 Å². The molecule has 2 N–H and O–H groups in total. The first-order valence-corrected chi connectivity index (χ1v) is 13.0. The Labute approximate surface area is 208 Å². The van der Waals surface area contributed by atoms with E-state index in [-0.39, 0.29) is 17.0 Å².